The summed E-state index contributed by atoms with van der Waals surface area (Å²) >= 11 is 0. The molecule has 0 aromatic heterocycles. The lowest BCUT2D eigenvalue weighted by molar-refractivity contribution is 0.199. The molecule has 0 bridgehead atoms. The van der Waals surface area contributed by atoms with Gasteiger partial charge in [-0.25, -0.2) is 4.99 Å². The first kappa shape index (κ1) is 22.7. The molecule has 7 heteroatoms. The molecule has 0 aliphatic carbocycles. The second kappa shape index (κ2) is 11.4. The van der Waals surface area contributed by atoms with Crippen molar-refractivity contribution >= 4 is 29.9 Å². The molecule has 1 fully saturated rings. The fourth-order valence-corrected chi connectivity index (χ4v) is 3.88. The number of rotatable bonds is 5. The summed E-state index contributed by atoms with van der Waals surface area (Å²) in [6.45, 7) is 4.99. The molecule has 2 heterocycles. The van der Waals surface area contributed by atoms with Gasteiger partial charge in [-0.1, -0.05) is 42.5 Å². The number of ether oxygens (including phenoxy) is 2. The van der Waals surface area contributed by atoms with E-state index in [1.807, 2.05) is 18.2 Å². The van der Waals surface area contributed by atoms with Crippen molar-refractivity contribution < 1.29 is 9.47 Å². The first-order valence-corrected chi connectivity index (χ1v) is 10.5. The van der Waals surface area contributed by atoms with Gasteiger partial charge in [0, 0.05) is 37.7 Å². The van der Waals surface area contributed by atoms with Gasteiger partial charge in [-0.15, -0.1) is 24.0 Å². The zero-order valence-corrected chi connectivity index (χ0v) is 19.6. The van der Waals surface area contributed by atoms with Gasteiger partial charge in [0.15, 0.2) is 17.5 Å². The maximum atomic E-state index is 6.17. The third-order valence-electron chi connectivity index (χ3n) is 5.46. The Balaban J connectivity index is 0.00000256. The molecule has 30 heavy (non-hydrogen) atoms. The van der Waals surface area contributed by atoms with Crippen LogP contribution in [0.5, 0.6) is 11.5 Å². The Morgan fingerprint density at radius 2 is 1.80 bits per heavy atom. The zero-order valence-electron chi connectivity index (χ0n) is 17.3. The molecule has 2 aromatic carbocycles. The minimum absolute atomic E-state index is 0. The molecule has 1 saturated heterocycles. The molecule has 2 aliphatic rings. The van der Waals surface area contributed by atoms with Crippen LogP contribution in [-0.2, 0) is 13.1 Å². The number of piperidine rings is 1. The molecule has 0 saturated carbocycles. The molecular weight excluding hydrogens is 491 g/mol. The van der Waals surface area contributed by atoms with Crippen LogP contribution in [0.1, 0.15) is 30.4 Å². The van der Waals surface area contributed by atoms with Gasteiger partial charge in [0.25, 0.3) is 0 Å². The van der Waals surface area contributed by atoms with Crippen molar-refractivity contribution in [2.24, 2.45) is 10.7 Å². The van der Waals surface area contributed by atoms with Gasteiger partial charge in [-0.3, -0.25) is 4.90 Å². The SMILES string of the molecule is I.NC(=NCc1cccc2c1OCCCO2)NC1CCN(Cc2ccccc2)CC1. The average molecular weight is 522 g/mol. The topological polar surface area (TPSA) is 72.1 Å². The number of fused-ring (bicyclic) bond motifs is 1. The summed E-state index contributed by atoms with van der Waals surface area (Å²) in [5, 5.41) is 3.39. The van der Waals surface area contributed by atoms with Gasteiger partial charge in [0.05, 0.1) is 19.8 Å². The summed E-state index contributed by atoms with van der Waals surface area (Å²) in [4.78, 5) is 7.05. The van der Waals surface area contributed by atoms with Crippen LogP contribution in [-0.4, -0.2) is 43.2 Å². The van der Waals surface area contributed by atoms with E-state index in [-0.39, 0.29) is 24.0 Å². The van der Waals surface area contributed by atoms with Gasteiger partial charge in [-0.2, -0.15) is 0 Å². The van der Waals surface area contributed by atoms with E-state index in [9.17, 15) is 0 Å². The largest absolute Gasteiger partial charge is 0.490 e. The van der Waals surface area contributed by atoms with Gasteiger partial charge in [0.1, 0.15) is 0 Å². The van der Waals surface area contributed by atoms with Crippen LogP contribution in [0.2, 0.25) is 0 Å². The first-order valence-electron chi connectivity index (χ1n) is 10.5. The molecule has 2 aromatic rings. The summed E-state index contributed by atoms with van der Waals surface area (Å²) in [6.07, 6.45) is 3.03. The van der Waals surface area contributed by atoms with Crippen LogP contribution in [0.3, 0.4) is 0 Å². The van der Waals surface area contributed by atoms with Crippen LogP contribution < -0.4 is 20.5 Å². The summed E-state index contributed by atoms with van der Waals surface area (Å²) in [7, 11) is 0. The average Bonchev–Trinajstić information content (AvgIpc) is 3.00. The van der Waals surface area contributed by atoms with E-state index in [0.717, 1.165) is 56.0 Å². The maximum Gasteiger partial charge on any atom is 0.189 e. The number of aliphatic imine (C=N–C) groups is 1. The number of nitrogens with two attached hydrogens (primary N) is 1. The normalized spacial score (nSPS) is 17.7. The van der Waals surface area contributed by atoms with E-state index in [2.05, 4.69) is 45.5 Å². The second-order valence-electron chi connectivity index (χ2n) is 7.68. The summed E-state index contributed by atoms with van der Waals surface area (Å²) in [5.41, 5.74) is 8.55. The van der Waals surface area contributed by atoms with E-state index in [1.54, 1.807) is 0 Å². The van der Waals surface area contributed by atoms with E-state index < -0.39 is 0 Å². The Bertz CT molecular complexity index is 823. The Morgan fingerprint density at radius 3 is 2.60 bits per heavy atom. The van der Waals surface area contributed by atoms with Crippen molar-refractivity contribution in [2.45, 2.75) is 38.4 Å². The summed E-state index contributed by atoms with van der Waals surface area (Å²) in [5.74, 6) is 2.10. The number of nitrogens with zero attached hydrogens (tertiary/aromatic N) is 2. The number of para-hydroxylation sites is 1. The van der Waals surface area contributed by atoms with Gasteiger partial charge >= 0.3 is 0 Å². The van der Waals surface area contributed by atoms with Crippen molar-refractivity contribution in [2.75, 3.05) is 26.3 Å². The number of hydrogen-bond acceptors (Lipinski definition) is 4. The lowest BCUT2D eigenvalue weighted by atomic mass is 10.0. The number of guanidine groups is 1. The number of benzene rings is 2. The monoisotopic (exact) mass is 522 g/mol. The van der Waals surface area contributed by atoms with Gasteiger partial charge in [0.2, 0.25) is 0 Å². The molecule has 162 valence electrons. The van der Waals surface area contributed by atoms with E-state index >= 15 is 0 Å². The highest BCUT2D eigenvalue weighted by Gasteiger charge is 2.20. The summed E-state index contributed by atoms with van der Waals surface area (Å²) in [6, 6.07) is 17.0. The standard InChI is InChI=1S/C23H30N4O2.HI/c24-23(25-16-19-8-4-9-21-22(19)29-15-5-14-28-21)26-20-10-12-27(13-11-20)17-18-6-2-1-3-7-18;/h1-4,6-9,20H,5,10-17H2,(H3,24,25,26);1H. The molecule has 4 rings (SSSR count). The Kier molecular flexibility index (Phi) is 8.62. The number of hydrogen-bond donors (Lipinski definition) is 2. The predicted molar refractivity (Wildman–Crippen MR) is 131 cm³/mol. The molecule has 3 N–H and O–H groups in total. The molecule has 2 aliphatic heterocycles. The van der Waals surface area contributed by atoms with Gasteiger partial charge < -0.3 is 20.5 Å². The molecule has 0 unspecified atom stereocenters. The number of likely N-dealkylation sites (tertiary alicyclic amines) is 1. The molecule has 0 radical (unpaired) electrons. The smallest absolute Gasteiger partial charge is 0.189 e. The lowest BCUT2D eigenvalue weighted by Crippen LogP contribution is -2.46. The molecule has 0 spiro atoms. The molecule has 6 nitrogen and oxygen atoms in total. The highest BCUT2D eigenvalue weighted by atomic mass is 127. The maximum absolute atomic E-state index is 6.17. The lowest BCUT2D eigenvalue weighted by Gasteiger charge is -2.32. The number of nitrogens with one attached hydrogen (secondary N) is 1. The van der Waals surface area contributed by atoms with Crippen molar-refractivity contribution in [1.29, 1.82) is 0 Å². The summed E-state index contributed by atoms with van der Waals surface area (Å²) < 4.78 is 11.6. The van der Waals surface area contributed by atoms with Crippen LogP contribution >= 0.6 is 24.0 Å². The Labute approximate surface area is 195 Å². The third-order valence-corrected chi connectivity index (χ3v) is 5.46. The van der Waals surface area contributed by atoms with Crippen molar-refractivity contribution in [1.82, 2.24) is 10.2 Å². The van der Waals surface area contributed by atoms with E-state index in [4.69, 9.17) is 15.2 Å². The Hall–Kier alpha value is -2.00. The fourth-order valence-electron chi connectivity index (χ4n) is 3.88. The predicted octanol–water partition coefficient (Wildman–Crippen LogP) is 3.53. The van der Waals surface area contributed by atoms with Gasteiger partial charge in [-0.05, 0) is 24.5 Å². The first-order chi connectivity index (χ1) is 14.3. The number of halogens is 1. The van der Waals surface area contributed by atoms with Crippen LogP contribution in [0.15, 0.2) is 53.5 Å². The van der Waals surface area contributed by atoms with Crippen molar-refractivity contribution in [3.8, 4) is 11.5 Å². The molecule has 0 amide bonds. The quantitative estimate of drug-likeness (QED) is 0.357. The highest BCUT2D eigenvalue weighted by molar-refractivity contribution is 14.0. The van der Waals surface area contributed by atoms with Crippen molar-refractivity contribution in [3.63, 3.8) is 0 Å². The van der Waals surface area contributed by atoms with Crippen molar-refractivity contribution in [3.05, 3.63) is 59.7 Å². The van der Waals surface area contributed by atoms with Crippen LogP contribution in [0, 0.1) is 0 Å². The van der Waals surface area contributed by atoms with E-state index in [1.165, 1.54) is 5.56 Å². The minimum Gasteiger partial charge on any atom is -0.490 e. The molecule has 0 atom stereocenters. The zero-order chi connectivity index (χ0) is 19.9. The highest BCUT2D eigenvalue weighted by Crippen LogP contribution is 2.33. The Morgan fingerprint density at radius 1 is 1.03 bits per heavy atom. The minimum atomic E-state index is 0. The molecular formula is C23H31IN4O2. The third kappa shape index (κ3) is 6.25. The second-order valence-corrected chi connectivity index (χ2v) is 7.68. The van der Waals surface area contributed by atoms with Crippen LogP contribution in [0.4, 0.5) is 0 Å². The fraction of sp³-hybridized carbons (Fsp3) is 0.435. The van der Waals surface area contributed by atoms with E-state index in [0.29, 0.717) is 31.8 Å². The van der Waals surface area contributed by atoms with Crippen LogP contribution in [0.25, 0.3) is 0 Å².